The van der Waals surface area contributed by atoms with Crippen LogP contribution < -0.4 is 0 Å². The van der Waals surface area contributed by atoms with Gasteiger partial charge in [0, 0.05) is 0 Å². The molecule has 6 atom stereocenters. The topological polar surface area (TPSA) is 134 Å². The minimum atomic E-state index is -1.59. The highest BCUT2D eigenvalue weighted by atomic mass is 16.6. The summed E-state index contributed by atoms with van der Waals surface area (Å²) in [7, 11) is 0. The number of aliphatic hydroxyl groups is 4. The lowest BCUT2D eigenvalue weighted by molar-refractivity contribution is -0.160. The Balaban J connectivity index is 4.34. The highest BCUT2D eigenvalue weighted by molar-refractivity contribution is 5.75. The summed E-state index contributed by atoms with van der Waals surface area (Å²) in [4.78, 5) is 23.1. The molecule has 0 heterocycles. The number of hydrogen-bond donors (Lipinski definition) is 4. The largest absolute Gasteiger partial charge is 0.464 e. The minimum Gasteiger partial charge on any atom is -0.464 e. The van der Waals surface area contributed by atoms with Crippen LogP contribution in [-0.2, 0) is 19.1 Å². The Morgan fingerprint density at radius 2 is 1.04 bits per heavy atom. The molecule has 0 rings (SSSR count). The van der Waals surface area contributed by atoms with Crippen molar-refractivity contribution in [2.24, 2.45) is 11.8 Å². The van der Waals surface area contributed by atoms with Crippen LogP contribution in [-0.4, -0.2) is 70.0 Å². The number of carbonyl (C=O) groups is 2. The highest BCUT2D eigenvalue weighted by Crippen LogP contribution is 2.23. The van der Waals surface area contributed by atoms with Gasteiger partial charge in [0.2, 0.25) is 0 Å². The Labute approximate surface area is 161 Å². The van der Waals surface area contributed by atoms with Crippen molar-refractivity contribution < 1.29 is 39.5 Å². The second-order valence-electron chi connectivity index (χ2n) is 7.28. The average Bonchev–Trinajstić information content (AvgIpc) is 2.62. The summed E-state index contributed by atoms with van der Waals surface area (Å²) < 4.78 is 9.63. The lowest BCUT2D eigenvalue weighted by Gasteiger charge is -2.24. The van der Waals surface area contributed by atoms with E-state index in [0.717, 1.165) is 0 Å². The standard InChI is InChI=1S/C19H36O8/c1-5-7-26-18(24)16(22)14(20)10-12(3)9-13(4)11-15(21)17(23)19(25)27-8-6-2/h12-17,20-23H,5-11H2,1-4H3/t12?,13?,14-,15-,16+,17+/m1/s1. The SMILES string of the molecule is CCCOC(=O)[C@@H](O)[C@H](O)CC(C)CC(C)C[C@@H](O)[C@H](O)C(=O)OCCC. The third-order valence-electron chi connectivity index (χ3n) is 4.20. The molecule has 8 heteroatoms. The summed E-state index contributed by atoms with van der Waals surface area (Å²) in [6.45, 7) is 7.74. The lowest BCUT2D eigenvalue weighted by Crippen LogP contribution is -2.37. The molecule has 4 N–H and O–H groups in total. The van der Waals surface area contributed by atoms with E-state index >= 15 is 0 Å². The molecular weight excluding hydrogens is 356 g/mol. The fraction of sp³-hybridized carbons (Fsp3) is 0.895. The first-order valence-electron chi connectivity index (χ1n) is 9.69. The summed E-state index contributed by atoms with van der Waals surface area (Å²) in [5, 5.41) is 39.6. The van der Waals surface area contributed by atoms with Gasteiger partial charge in [-0.15, -0.1) is 0 Å². The quantitative estimate of drug-likeness (QED) is 0.319. The summed E-state index contributed by atoms with van der Waals surface area (Å²) in [6.07, 6.45) is -3.46. The van der Waals surface area contributed by atoms with Crippen LogP contribution in [0.25, 0.3) is 0 Å². The third-order valence-corrected chi connectivity index (χ3v) is 4.20. The molecule has 0 aliphatic rings. The first-order chi connectivity index (χ1) is 12.6. The molecule has 0 amide bonds. The van der Waals surface area contributed by atoms with Gasteiger partial charge >= 0.3 is 11.9 Å². The zero-order chi connectivity index (χ0) is 21.0. The van der Waals surface area contributed by atoms with Gasteiger partial charge in [-0.3, -0.25) is 0 Å². The van der Waals surface area contributed by atoms with Gasteiger partial charge in [0.1, 0.15) is 0 Å². The number of hydrogen-bond acceptors (Lipinski definition) is 8. The zero-order valence-electron chi connectivity index (χ0n) is 16.8. The second kappa shape index (κ2) is 13.9. The molecule has 0 saturated heterocycles. The minimum absolute atomic E-state index is 0.0555. The van der Waals surface area contributed by atoms with E-state index in [1.807, 2.05) is 27.7 Å². The first kappa shape index (κ1) is 25.8. The summed E-state index contributed by atoms with van der Waals surface area (Å²) in [5.74, 6) is -1.79. The van der Waals surface area contributed by atoms with Crippen molar-refractivity contribution in [2.75, 3.05) is 13.2 Å². The van der Waals surface area contributed by atoms with E-state index in [9.17, 15) is 30.0 Å². The molecule has 0 aromatic carbocycles. The van der Waals surface area contributed by atoms with E-state index in [1.165, 1.54) is 0 Å². The Hall–Kier alpha value is -1.22. The van der Waals surface area contributed by atoms with Gasteiger partial charge in [-0.25, -0.2) is 9.59 Å². The molecule has 2 unspecified atom stereocenters. The normalized spacial score (nSPS) is 18.1. The van der Waals surface area contributed by atoms with Crippen molar-refractivity contribution in [3.8, 4) is 0 Å². The summed E-state index contributed by atoms with van der Waals surface area (Å²) >= 11 is 0. The number of aliphatic hydroxyl groups excluding tert-OH is 4. The first-order valence-corrected chi connectivity index (χ1v) is 9.69. The molecule has 0 spiro atoms. The van der Waals surface area contributed by atoms with Gasteiger partial charge < -0.3 is 29.9 Å². The number of carbonyl (C=O) groups excluding carboxylic acids is 2. The van der Waals surface area contributed by atoms with E-state index < -0.39 is 36.4 Å². The summed E-state index contributed by atoms with van der Waals surface area (Å²) in [5.41, 5.74) is 0. The molecular formula is C19H36O8. The van der Waals surface area contributed by atoms with E-state index in [1.54, 1.807) is 0 Å². The van der Waals surface area contributed by atoms with Crippen molar-refractivity contribution in [3.05, 3.63) is 0 Å². The Morgan fingerprint density at radius 3 is 1.33 bits per heavy atom. The van der Waals surface area contributed by atoms with E-state index in [4.69, 9.17) is 9.47 Å². The average molecular weight is 392 g/mol. The third kappa shape index (κ3) is 10.6. The maximum atomic E-state index is 11.6. The van der Waals surface area contributed by atoms with Crippen LogP contribution in [0, 0.1) is 11.8 Å². The van der Waals surface area contributed by atoms with E-state index in [0.29, 0.717) is 19.3 Å². The maximum Gasteiger partial charge on any atom is 0.337 e. The van der Waals surface area contributed by atoms with Gasteiger partial charge in [0.25, 0.3) is 0 Å². The monoisotopic (exact) mass is 392 g/mol. The summed E-state index contributed by atoms with van der Waals surface area (Å²) in [6, 6.07) is 0. The van der Waals surface area contributed by atoms with Crippen LogP contribution in [0.15, 0.2) is 0 Å². The second-order valence-corrected chi connectivity index (χ2v) is 7.28. The van der Waals surface area contributed by atoms with Gasteiger partial charge in [0.15, 0.2) is 12.2 Å². The molecule has 160 valence electrons. The van der Waals surface area contributed by atoms with Crippen molar-refractivity contribution >= 4 is 11.9 Å². The van der Waals surface area contributed by atoms with Crippen LogP contribution >= 0.6 is 0 Å². The molecule has 0 aromatic rings. The highest BCUT2D eigenvalue weighted by Gasteiger charge is 2.29. The van der Waals surface area contributed by atoms with E-state index in [-0.39, 0.29) is 37.9 Å². The van der Waals surface area contributed by atoms with Crippen LogP contribution in [0.2, 0.25) is 0 Å². The van der Waals surface area contributed by atoms with Crippen molar-refractivity contribution in [1.82, 2.24) is 0 Å². The van der Waals surface area contributed by atoms with Crippen molar-refractivity contribution in [3.63, 3.8) is 0 Å². The van der Waals surface area contributed by atoms with Crippen molar-refractivity contribution in [2.45, 2.75) is 84.2 Å². The predicted molar refractivity (Wildman–Crippen MR) is 98.7 cm³/mol. The zero-order valence-corrected chi connectivity index (χ0v) is 16.8. The molecule has 0 saturated carbocycles. The molecule has 0 aliphatic heterocycles. The Morgan fingerprint density at radius 1 is 0.704 bits per heavy atom. The molecule has 0 aliphatic carbocycles. The van der Waals surface area contributed by atoms with Gasteiger partial charge in [-0.05, 0) is 43.9 Å². The van der Waals surface area contributed by atoms with Crippen LogP contribution in [0.3, 0.4) is 0 Å². The molecule has 8 nitrogen and oxygen atoms in total. The number of ether oxygens (including phenoxy) is 2. The van der Waals surface area contributed by atoms with Crippen molar-refractivity contribution in [1.29, 1.82) is 0 Å². The van der Waals surface area contributed by atoms with E-state index in [2.05, 4.69) is 0 Å². The predicted octanol–water partition coefficient (Wildman–Crippen LogP) is 0.779. The smallest absolute Gasteiger partial charge is 0.337 e. The van der Waals surface area contributed by atoms with Gasteiger partial charge in [-0.1, -0.05) is 27.7 Å². The fourth-order valence-corrected chi connectivity index (χ4v) is 2.85. The Bertz CT molecular complexity index is 390. The van der Waals surface area contributed by atoms with Gasteiger partial charge in [0.05, 0.1) is 25.4 Å². The van der Waals surface area contributed by atoms with Crippen LogP contribution in [0.4, 0.5) is 0 Å². The molecule has 0 radical (unpaired) electrons. The lowest BCUT2D eigenvalue weighted by atomic mass is 9.87. The fourth-order valence-electron chi connectivity index (χ4n) is 2.85. The molecule has 0 fully saturated rings. The van der Waals surface area contributed by atoms with Crippen LogP contribution in [0.1, 0.15) is 59.8 Å². The number of rotatable bonds is 14. The molecule has 0 aromatic heterocycles. The van der Waals surface area contributed by atoms with Crippen LogP contribution in [0.5, 0.6) is 0 Å². The van der Waals surface area contributed by atoms with Gasteiger partial charge in [-0.2, -0.15) is 0 Å². The number of esters is 2. The molecule has 0 bridgehead atoms. The maximum absolute atomic E-state index is 11.6. The Kier molecular flexibility index (Phi) is 13.2. The molecule has 27 heavy (non-hydrogen) atoms.